The van der Waals surface area contributed by atoms with E-state index in [1.165, 1.54) is 6.20 Å². The van der Waals surface area contributed by atoms with Crippen LogP contribution >= 0.6 is 34.5 Å². The third kappa shape index (κ3) is 7.06. The number of halogens is 5. The first-order valence-corrected chi connectivity index (χ1v) is 12.2. The minimum atomic E-state index is -4.72. The van der Waals surface area contributed by atoms with Gasteiger partial charge in [0.25, 0.3) is 5.91 Å². The van der Waals surface area contributed by atoms with E-state index < -0.39 is 40.2 Å². The summed E-state index contributed by atoms with van der Waals surface area (Å²) in [6.45, 7) is 1.49. The Kier molecular flexibility index (Phi) is 9.29. The van der Waals surface area contributed by atoms with Gasteiger partial charge in [0.2, 0.25) is 0 Å². The molecule has 0 fully saturated rings. The number of Topliss-reactive ketones (excluding diaryl/α,β-unsaturated/α-hetero) is 2. The zero-order chi connectivity index (χ0) is 27.3. The largest absolute Gasteiger partial charge is 0.418 e. The van der Waals surface area contributed by atoms with Crippen molar-refractivity contribution in [2.45, 2.75) is 38.3 Å². The number of aliphatic hydroxyl groups excluding tert-OH is 1. The third-order valence-electron chi connectivity index (χ3n) is 4.94. The van der Waals surface area contributed by atoms with E-state index in [2.05, 4.69) is 25.3 Å². The Labute approximate surface area is 222 Å². The zero-order valence-electron chi connectivity index (χ0n) is 19.0. The smallest absolute Gasteiger partial charge is 0.396 e. The summed E-state index contributed by atoms with van der Waals surface area (Å²) in [7, 11) is 0. The molecule has 3 aromatic heterocycles. The molecule has 15 heteroatoms. The van der Waals surface area contributed by atoms with Crippen molar-refractivity contribution in [2.75, 3.05) is 11.9 Å². The summed E-state index contributed by atoms with van der Waals surface area (Å²) in [5.41, 5.74) is -1.39. The monoisotopic (exact) mass is 575 g/mol. The van der Waals surface area contributed by atoms with Crippen LogP contribution in [0.3, 0.4) is 0 Å². The second-order valence-electron chi connectivity index (χ2n) is 7.73. The van der Waals surface area contributed by atoms with Gasteiger partial charge in [0.1, 0.15) is 28.4 Å². The standard InChI is InChI=1S/C22H18Cl2F3N5O4S/c1-10(5-14(35)19-17(24)18(30-9-31-19)13(34)3-2-4-33)21-29-8-15(37-21)20(36)32-16-6-11(22(25,26)27)12(23)7-28-16/h6-10,33H,2-5H2,1H3,(H,28,32,36). The molecule has 0 saturated heterocycles. The molecule has 0 aliphatic heterocycles. The first-order valence-electron chi connectivity index (χ1n) is 10.6. The highest BCUT2D eigenvalue weighted by Crippen LogP contribution is 2.35. The van der Waals surface area contributed by atoms with E-state index in [9.17, 15) is 27.6 Å². The molecule has 196 valence electrons. The molecule has 0 bridgehead atoms. The van der Waals surface area contributed by atoms with Crippen molar-refractivity contribution in [3.63, 3.8) is 0 Å². The van der Waals surface area contributed by atoms with Crippen molar-refractivity contribution in [3.05, 3.63) is 61.7 Å². The SMILES string of the molecule is CC(CC(=O)c1ncnc(C(=O)CCCO)c1Cl)c1ncc(C(=O)Nc2cc(C(F)(F)F)c(Cl)cn2)s1. The number of carbonyl (C=O) groups excluding carboxylic acids is 3. The van der Waals surface area contributed by atoms with E-state index in [1.807, 2.05) is 0 Å². The number of carbonyl (C=O) groups is 3. The van der Waals surface area contributed by atoms with Gasteiger partial charge in [0.05, 0.1) is 26.8 Å². The van der Waals surface area contributed by atoms with Gasteiger partial charge in [-0.15, -0.1) is 11.3 Å². The van der Waals surface area contributed by atoms with E-state index in [1.54, 1.807) is 6.92 Å². The fourth-order valence-corrected chi connectivity index (χ4v) is 4.48. The summed E-state index contributed by atoms with van der Waals surface area (Å²) >= 11 is 12.7. The Hall–Kier alpha value is -3.00. The van der Waals surface area contributed by atoms with Crippen LogP contribution in [0.4, 0.5) is 19.0 Å². The molecule has 1 amide bonds. The lowest BCUT2D eigenvalue weighted by Crippen LogP contribution is -2.13. The van der Waals surface area contributed by atoms with Gasteiger partial charge in [-0.1, -0.05) is 30.1 Å². The fraction of sp³-hybridized carbons (Fsp3) is 0.318. The Bertz CT molecular complexity index is 1340. The number of aliphatic hydroxyl groups is 1. The molecule has 1 atom stereocenters. The predicted octanol–water partition coefficient (Wildman–Crippen LogP) is 5.24. The van der Waals surface area contributed by atoms with Crippen LogP contribution < -0.4 is 5.32 Å². The van der Waals surface area contributed by atoms with Gasteiger partial charge in [0, 0.05) is 31.6 Å². The summed E-state index contributed by atoms with van der Waals surface area (Å²) in [6.07, 6.45) is -1.54. The molecule has 2 N–H and O–H groups in total. The van der Waals surface area contributed by atoms with E-state index in [-0.39, 0.29) is 53.0 Å². The van der Waals surface area contributed by atoms with Crippen LogP contribution in [0.1, 0.15) is 73.3 Å². The van der Waals surface area contributed by atoms with E-state index in [0.717, 1.165) is 23.9 Å². The molecule has 37 heavy (non-hydrogen) atoms. The minimum Gasteiger partial charge on any atom is -0.396 e. The average molecular weight is 576 g/mol. The molecule has 0 aromatic carbocycles. The Morgan fingerprint density at radius 1 is 1.08 bits per heavy atom. The number of rotatable bonds is 10. The second-order valence-corrected chi connectivity index (χ2v) is 9.57. The topological polar surface area (TPSA) is 135 Å². The molecular weight excluding hydrogens is 558 g/mol. The predicted molar refractivity (Wildman–Crippen MR) is 129 cm³/mol. The lowest BCUT2D eigenvalue weighted by molar-refractivity contribution is -0.137. The highest BCUT2D eigenvalue weighted by atomic mass is 35.5. The number of anilines is 1. The van der Waals surface area contributed by atoms with Gasteiger partial charge < -0.3 is 10.4 Å². The molecule has 3 heterocycles. The van der Waals surface area contributed by atoms with Crippen molar-refractivity contribution in [3.8, 4) is 0 Å². The first-order chi connectivity index (χ1) is 17.4. The van der Waals surface area contributed by atoms with E-state index in [4.69, 9.17) is 28.3 Å². The molecular formula is C22H18Cl2F3N5O4S. The van der Waals surface area contributed by atoms with Gasteiger partial charge in [-0.2, -0.15) is 13.2 Å². The van der Waals surface area contributed by atoms with Crippen molar-refractivity contribution in [2.24, 2.45) is 0 Å². The Balaban J connectivity index is 1.69. The number of thiazole rings is 1. The van der Waals surface area contributed by atoms with Gasteiger partial charge in [-0.25, -0.2) is 19.9 Å². The van der Waals surface area contributed by atoms with Gasteiger partial charge in [-0.05, 0) is 12.5 Å². The molecule has 3 rings (SSSR count). The fourth-order valence-electron chi connectivity index (χ4n) is 3.10. The number of ketones is 2. The Morgan fingerprint density at radius 2 is 1.76 bits per heavy atom. The maximum absolute atomic E-state index is 13.0. The summed E-state index contributed by atoms with van der Waals surface area (Å²) in [4.78, 5) is 53.2. The molecule has 9 nitrogen and oxygen atoms in total. The van der Waals surface area contributed by atoms with Crippen LogP contribution in [0.15, 0.2) is 24.8 Å². The van der Waals surface area contributed by atoms with Crippen LogP contribution in [-0.2, 0) is 6.18 Å². The summed E-state index contributed by atoms with van der Waals surface area (Å²) in [5, 5.41) is 10.8. The quantitative estimate of drug-likeness (QED) is 0.313. The highest BCUT2D eigenvalue weighted by molar-refractivity contribution is 7.13. The summed E-state index contributed by atoms with van der Waals surface area (Å²) < 4.78 is 39.1. The number of nitrogens with one attached hydrogen (secondary N) is 1. The lowest BCUT2D eigenvalue weighted by Gasteiger charge is -2.10. The molecule has 0 spiro atoms. The average Bonchev–Trinajstić information content (AvgIpc) is 3.34. The molecule has 0 aliphatic rings. The first kappa shape index (κ1) is 28.6. The normalized spacial score (nSPS) is 12.3. The minimum absolute atomic E-state index is 0.00425. The highest BCUT2D eigenvalue weighted by Gasteiger charge is 2.34. The van der Waals surface area contributed by atoms with E-state index >= 15 is 0 Å². The van der Waals surface area contributed by atoms with Gasteiger partial charge in [-0.3, -0.25) is 14.4 Å². The second kappa shape index (κ2) is 12.0. The van der Waals surface area contributed by atoms with E-state index in [0.29, 0.717) is 11.1 Å². The van der Waals surface area contributed by atoms with Crippen molar-refractivity contribution >= 4 is 57.8 Å². The Morgan fingerprint density at radius 3 is 2.41 bits per heavy atom. The van der Waals surface area contributed by atoms with Crippen LogP contribution in [-0.4, -0.2) is 49.1 Å². The molecule has 0 radical (unpaired) electrons. The van der Waals surface area contributed by atoms with Crippen LogP contribution in [0, 0.1) is 0 Å². The van der Waals surface area contributed by atoms with Crippen molar-refractivity contribution < 1.29 is 32.7 Å². The van der Waals surface area contributed by atoms with Crippen LogP contribution in [0.2, 0.25) is 10.0 Å². The van der Waals surface area contributed by atoms with Crippen LogP contribution in [0.25, 0.3) is 0 Å². The molecule has 1 unspecified atom stereocenters. The molecule has 3 aromatic rings. The number of aromatic nitrogens is 4. The van der Waals surface area contributed by atoms with Crippen LogP contribution in [0.5, 0.6) is 0 Å². The summed E-state index contributed by atoms with van der Waals surface area (Å²) in [6, 6.07) is 0.623. The van der Waals surface area contributed by atoms with Crippen molar-refractivity contribution in [1.29, 1.82) is 0 Å². The molecule has 0 aliphatic carbocycles. The molecule has 0 saturated carbocycles. The number of hydrogen-bond donors (Lipinski definition) is 2. The van der Waals surface area contributed by atoms with Gasteiger partial charge >= 0.3 is 6.18 Å². The number of alkyl halides is 3. The van der Waals surface area contributed by atoms with Crippen molar-refractivity contribution in [1.82, 2.24) is 19.9 Å². The van der Waals surface area contributed by atoms with Gasteiger partial charge in [0.15, 0.2) is 11.6 Å². The summed E-state index contributed by atoms with van der Waals surface area (Å²) in [5.74, 6) is -2.49. The number of hydrogen-bond acceptors (Lipinski definition) is 9. The lowest BCUT2D eigenvalue weighted by atomic mass is 10.0. The number of amides is 1. The zero-order valence-corrected chi connectivity index (χ0v) is 21.3. The number of pyridine rings is 1. The number of nitrogens with zero attached hydrogens (tertiary/aromatic N) is 4. The third-order valence-corrected chi connectivity index (χ3v) is 6.83. The maximum Gasteiger partial charge on any atom is 0.418 e. The maximum atomic E-state index is 13.0.